The van der Waals surface area contributed by atoms with Crippen LogP contribution in [0.4, 0.5) is 0 Å². The van der Waals surface area contributed by atoms with Gasteiger partial charge in [0.25, 0.3) is 0 Å². The van der Waals surface area contributed by atoms with Crippen LogP contribution in [0.1, 0.15) is 33.6 Å². The molecule has 1 atom stereocenters. The van der Waals surface area contributed by atoms with Crippen molar-refractivity contribution in [2.45, 2.75) is 39.7 Å². The van der Waals surface area contributed by atoms with Crippen molar-refractivity contribution in [1.82, 2.24) is 0 Å². The highest BCUT2D eigenvalue weighted by atomic mass is 16.5. The standard InChI is InChI=1S/C8H16O2/c1-4-8(9)6-7(3)10-5-2/h7H,4-6H2,1-3H3. The molecule has 1 unspecified atom stereocenters. The van der Waals surface area contributed by atoms with Crippen LogP contribution in [0.5, 0.6) is 0 Å². The number of ether oxygens (including phenoxy) is 1. The first-order chi connectivity index (χ1) is 4.70. The second-order valence-electron chi connectivity index (χ2n) is 2.36. The van der Waals surface area contributed by atoms with E-state index < -0.39 is 0 Å². The molecular formula is C8H16O2. The van der Waals surface area contributed by atoms with E-state index >= 15 is 0 Å². The van der Waals surface area contributed by atoms with E-state index in [4.69, 9.17) is 4.74 Å². The molecule has 0 aliphatic rings. The van der Waals surface area contributed by atoms with E-state index in [2.05, 4.69) is 0 Å². The second kappa shape index (κ2) is 5.42. The van der Waals surface area contributed by atoms with Gasteiger partial charge in [0.05, 0.1) is 6.10 Å². The summed E-state index contributed by atoms with van der Waals surface area (Å²) in [6.07, 6.45) is 1.28. The van der Waals surface area contributed by atoms with Gasteiger partial charge in [-0.05, 0) is 13.8 Å². The van der Waals surface area contributed by atoms with Crippen molar-refractivity contribution >= 4 is 5.78 Å². The lowest BCUT2D eigenvalue weighted by atomic mass is 10.1. The summed E-state index contributed by atoms with van der Waals surface area (Å²) in [5.41, 5.74) is 0. The normalized spacial score (nSPS) is 13.1. The maximum Gasteiger partial charge on any atom is 0.135 e. The Morgan fingerprint density at radius 1 is 1.50 bits per heavy atom. The summed E-state index contributed by atoms with van der Waals surface area (Å²) in [5.74, 6) is 0.279. The summed E-state index contributed by atoms with van der Waals surface area (Å²) in [5, 5.41) is 0. The van der Waals surface area contributed by atoms with Crippen LogP contribution in [0, 0.1) is 0 Å². The van der Waals surface area contributed by atoms with Gasteiger partial charge in [-0.3, -0.25) is 4.79 Å². The van der Waals surface area contributed by atoms with Crippen molar-refractivity contribution in [2.75, 3.05) is 6.61 Å². The first-order valence-electron chi connectivity index (χ1n) is 3.84. The Morgan fingerprint density at radius 3 is 2.50 bits per heavy atom. The average Bonchev–Trinajstić information content (AvgIpc) is 1.88. The van der Waals surface area contributed by atoms with Crippen molar-refractivity contribution in [3.63, 3.8) is 0 Å². The van der Waals surface area contributed by atoms with Crippen LogP contribution in [0.2, 0.25) is 0 Å². The third kappa shape index (κ3) is 4.50. The molecule has 0 aliphatic heterocycles. The molecule has 0 fully saturated rings. The third-order valence-electron chi connectivity index (χ3n) is 1.36. The molecule has 0 aromatic carbocycles. The van der Waals surface area contributed by atoms with Crippen LogP contribution in [0.3, 0.4) is 0 Å². The minimum atomic E-state index is 0.0949. The van der Waals surface area contributed by atoms with Crippen LogP contribution in [0.15, 0.2) is 0 Å². The Morgan fingerprint density at radius 2 is 2.10 bits per heavy atom. The van der Waals surface area contributed by atoms with Gasteiger partial charge in [0, 0.05) is 19.4 Å². The number of hydrogen-bond donors (Lipinski definition) is 0. The molecule has 10 heavy (non-hydrogen) atoms. The quantitative estimate of drug-likeness (QED) is 0.588. The molecule has 0 N–H and O–H groups in total. The molecule has 0 amide bonds. The molecule has 0 bridgehead atoms. The van der Waals surface area contributed by atoms with Gasteiger partial charge in [-0.25, -0.2) is 0 Å². The summed E-state index contributed by atoms with van der Waals surface area (Å²) >= 11 is 0. The predicted molar refractivity (Wildman–Crippen MR) is 41.0 cm³/mol. The minimum absolute atomic E-state index is 0.0949. The topological polar surface area (TPSA) is 26.3 Å². The van der Waals surface area contributed by atoms with Crippen molar-refractivity contribution in [2.24, 2.45) is 0 Å². The van der Waals surface area contributed by atoms with E-state index in [0.717, 1.165) is 0 Å². The van der Waals surface area contributed by atoms with Gasteiger partial charge in [0.1, 0.15) is 5.78 Å². The number of carbonyl (C=O) groups is 1. The maximum atomic E-state index is 10.8. The molecule has 2 heteroatoms. The van der Waals surface area contributed by atoms with E-state index in [1.165, 1.54) is 0 Å². The Labute approximate surface area is 62.6 Å². The monoisotopic (exact) mass is 144 g/mol. The molecule has 0 aromatic rings. The summed E-state index contributed by atoms with van der Waals surface area (Å²) < 4.78 is 5.19. The van der Waals surface area contributed by atoms with Gasteiger partial charge in [-0.2, -0.15) is 0 Å². The number of rotatable bonds is 5. The molecule has 0 saturated carbocycles. The fourth-order valence-corrected chi connectivity index (χ4v) is 0.808. The lowest BCUT2D eigenvalue weighted by Gasteiger charge is -2.08. The van der Waals surface area contributed by atoms with E-state index in [-0.39, 0.29) is 11.9 Å². The number of hydrogen-bond acceptors (Lipinski definition) is 2. The fourth-order valence-electron chi connectivity index (χ4n) is 0.808. The van der Waals surface area contributed by atoms with Crippen molar-refractivity contribution in [3.8, 4) is 0 Å². The van der Waals surface area contributed by atoms with Crippen LogP contribution in [0.25, 0.3) is 0 Å². The van der Waals surface area contributed by atoms with Gasteiger partial charge in [-0.1, -0.05) is 6.92 Å². The molecule has 0 aromatic heterocycles. The molecule has 60 valence electrons. The van der Waals surface area contributed by atoms with E-state index in [1.807, 2.05) is 20.8 Å². The molecule has 0 spiro atoms. The molecule has 2 nitrogen and oxygen atoms in total. The summed E-state index contributed by atoms with van der Waals surface area (Å²) in [7, 11) is 0. The maximum absolute atomic E-state index is 10.8. The summed E-state index contributed by atoms with van der Waals surface area (Å²) in [6, 6.07) is 0. The van der Waals surface area contributed by atoms with Crippen molar-refractivity contribution in [1.29, 1.82) is 0 Å². The zero-order chi connectivity index (χ0) is 7.98. The largest absolute Gasteiger partial charge is 0.378 e. The van der Waals surface area contributed by atoms with Gasteiger partial charge >= 0.3 is 0 Å². The van der Waals surface area contributed by atoms with Crippen LogP contribution < -0.4 is 0 Å². The van der Waals surface area contributed by atoms with Gasteiger partial charge in [0.2, 0.25) is 0 Å². The number of Topliss-reactive ketones (excluding diaryl/α,β-unsaturated/α-hetero) is 1. The second-order valence-corrected chi connectivity index (χ2v) is 2.36. The smallest absolute Gasteiger partial charge is 0.135 e. The van der Waals surface area contributed by atoms with Gasteiger partial charge < -0.3 is 4.74 Å². The Kier molecular flexibility index (Phi) is 5.22. The van der Waals surface area contributed by atoms with E-state index in [0.29, 0.717) is 19.4 Å². The lowest BCUT2D eigenvalue weighted by Crippen LogP contribution is -2.13. The molecule has 0 rings (SSSR count). The molecule has 0 radical (unpaired) electrons. The van der Waals surface area contributed by atoms with E-state index in [9.17, 15) is 4.79 Å². The predicted octanol–water partition coefficient (Wildman–Crippen LogP) is 1.78. The molecule has 0 saturated heterocycles. The summed E-state index contributed by atoms with van der Waals surface area (Å²) in [6.45, 7) is 6.43. The molecule has 0 heterocycles. The average molecular weight is 144 g/mol. The molecular weight excluding hydrogens is 128 g/mol. The Balaban J connectivity index is 3.37. The van der Waals surface area contributed by atoms with Crippen molar-refractivity contribution in [3.05, 3.63) is 0 Å². The minimum Gasteiger partial charge on any atom is -0.378 e. The molecule has 0 aliphatic carbocycles. The zero-order valence-corrected chi connectivity index (χ0v) is 7.02. The Hall–Kier alpha value is -0.370. The van der Waals surface area contributed by atoms with Crippen molar-refractivity contribution < 1.29 is 9.53 Å². The first kappa shape index (κ1) is 9.63. The number of carbonyl (C=O) groups excluding carboxylic acids is 1. The third-order valence-corrected chi connectivity index (χ3v) is 1.36. The highest BCUT2D eigenvalue weighted by molar-refractivity contribution is 5.78. The van der Waals surface area contributed by atoms with Gasteiger partial charge in [-0.15, -0.1) is 0 Å². The highest BCUT2D eigenvalue weighted by Crippen LogP contribution is 1.99. The lowest BCUT2D eigenvalue weighted by molar-refractivity contribution is -0.121. The first-order valence-corrected chi connectivity index (χ1v) is 3.84. The van der Waals surface area contributed by atoms with E-state index in [1.54, 1.807) is 0 Å². The summed E-state index contributed by atoms with van der Waals surface area (Å²) in [4.78, 5) is 10.8. The van der Waals surface area contributed by atoms with Crippen LogP contribution >= 0.6 is 0 Å². The SMILES string of the molecule is CCOC(C)CC(=O)CC. The van der Waals surface area contributed by atoms with Crippen LogP contribution in [-0.2, 0) is 9.53 Å². The highest BCUT2D eigenvalue weighted by Gasteiger charge is 2.05. The Bertz CT molecular complexity index is 99.4. The van der Waals surface area contributed by atoms with Gasteiger partial charge in [0.15, 0.2) is 0 Å². The zero-order valence-electron chi connectivity index (χ0n) is 7.02. The van der Waals surface area contributed by atoms with Crippen LogP contribution in [-0.4, -0.2) is 18.5 Å². The number of ketones is 1. The fraction of sp³-hybridized carbons (Fsp3) is 0.875.